The van der Waals surface area contributed by atoms with Gasteiger partial charge in [0.2, 0.25) is 0 Å². The van der Waals surface area contributed by atoms with Crippen molar-refractivity contribution < 1.29 is 9.18 Å². The molecular formula is C10H8FNO. The van der Waals surface area contributed by atoms with E-state index >= 15 is 0 Å². The molecule has 1 aromatic rings. The summed E-state index contributed by atoms with van der Waals surface area (Å²) in [6.07, 6.45) is 0. The van der Waals surface area contributed by atoms with Crippen molar-refractivity contribution in [3.8, 4) is 6.07 Å². The van der Waals surface area contributed by atoms with Gasteiger partial charge in [-0.25, -0.2) is 4.39 Å². The second-order valence-corrected chi connectivity index (χ2v) is 2.76. The molecule has 0 aliphatic heterocycles. The number of halogens is 1. The fourth-order valence-corrected chi connectivity index (χ4v) is 1.23. The van der Waals surface area contributed by atoms with Gasteiger partial charge >= 0.3 is 0 Å². The highest BCUT2D eigenvalue weighted by Crippen LogP contribution is 2.17. The zero-order valence-electron chi connectivity index (χ0n) is 7.39. The Hall–Kier alpha value is -1.69. The highest BCUT2D eigenvalue weighted by Gasteiger charge is 2.13. The van der Waals surface area contributed by atoms with Crippen molar-refractivity contribution in [1.82, 2.24) is 0 Å². The van der Waals surface area contributed by atoms with Crippen LogP contribution in [0.25, 0.3) is 0 Å². The summed E-state index contributed by atoms with van der Waals surface area (Å²) < 4.78 is 13.1. The monoisotopic (exact) mass is 177 g/mol. The fraction of sp³-hybridized carbons (Fsp3) is 0.200. The number of Topliss-reactive ketones (excluding diaryl/α,β-unsaturated/α-hetero) is 1. The van der Waals surface area contributed by atoms with Crippen molar-refractivity contribution >= 4 is 5.78 Å². The van der Waals surface area contributed by atoms with E-state index in [0.29, 0.717) is 11.1 Å². The largest absolute Gasteiger partial charge is 0.294 e. The zero-order valence-corrected chi connectivity index (χ0v) is 7.39. The molecule has 0 heterocycles. The van der Waals surface area contributed by atoms with Crippen LogP contribution in [0.2, 0.25) is 0 Å². The minimum absolute atomic E-state index is 0.0130. The minimum Gasteiger partial charge on any atom is -0.294 e. The normalized spacial score (nSPS) is 9.38. The number of rotatable bonds is 1. The summed E-state index contributed by atoms with van der Waals surface area (Å²) in [4.78, 5) is 11.0. The average Bonchev–Trinajstić information content (AvgIpc) is 2.04. The van der Waals surface area contributed by atoms with Crippen LogP contribution >= 0.6 is 0 Å². The molecule has 0 radical (unpaired) electrons. The first-order valence-corrected chi connectivity index (χ1v) is 3.78. The van der Waals surface area contributed by atoms with Gasteiger partial charge in [-0.3, -0.25) is 4.79 Å². The van der Waals surface area contributed by atoms with Crippen LogP contribution in [0.15, 0.2) is 12.1 Å². The third kappa shape index (κ3) is 1.57. The molecule has 2 nitrogen and oxygen atoms in total. The van der Waals surface area contributed by atoms with E-state index in [2.05, 4.69) is 0 Å². The van der Waals surface area contributed by atoms with Gasteiger partial charge in [0.05, 0.1) is 17.2 Å². The van der Waals surface area contributed by atoms with E-state index in [1.165, 1.54) is 13.0 Å². The summed E-state index contributed by atoms with van der Waals surface area (Å²) in [6, 6.07) is 4.41. The van der Waals surface area contributed by atoms with Crippen molar-refractivity contribution in [2.45, 2.75) is 13.8 Å². The van der Waals surface area contributed by atoms with Gasteiger partial charge in [-0.1, -0.05) is 0 Å². The summed E-state index contributed by atoms with van der Waals surface area (Å²) in [7, 11) is 0. The van der Waals surface area contributed by atoms with Gasteiger partial charge in [0, 0.05) is 0 Å². The lowest BCUT2D eigenvalue weighted by Crippen LogP contribution is -2.02. The van der Waals surface area contributed by atoms with Crippen molar-refractivity contribution in [2.75, 3.05) is 0 Å². The Labute approximate surface area is 75.6 Å². The van der Waals surface area contributed by atoms with Crippen LogP contribution in [0.4, 0.5) is 4.39 Å². The number of benzene rings is 1. The summed E-state index contributed by atoms with van der Waals surface area (Å²) in [5.74, 6) is -0.920. The molecule has 13 heavy (non-hydrogen) atoms. The van der Waals surface area contributed by atoms with E-state index in [1.807, 2.05) is 6.07 Å². The SMILES string of the molecule is CC(=O)c1c(F)ccc(C#N)c1C. The highest BCUT2D eigenvalue weighted by atomic mass is 19.1. The lowest BCUT2D eigenvalue weighted by Gasteiger charge is -2.04. The molecule has 1 rings (SSSR count). The van der Waals surface area contributed by atoms with Gasteiger partial charge in [-0.05, 0) is 31.5 Å². The van der Waals surface area contributed by atoms with Crippen LogP contribution in [-0.4, -0.2) is 5.78 Å². The average molecular weight is 177 g/mol. The number of ketones is 1. The number of carbonyl (C=O) groups is 1. The second kappa shape index (κ2) is 3.36. The van der Waals surface area contributed by atoms with Crippen LogP contribution in [0.5, 0.6) is 0 Å². The van der Waals surface area contributed by atoms with Gasteiger partial charge in [0.15, 0.2) is 5.78 Å². The van der Waals surface area contributed by atoms with Gasteiger partial charge in [0.25, 0.3) is 0 Å². The summed E-state index contributed by atoms with van der Waals surface area (Å²) in [5, 5.41) is 8.63. The minimum atomic E-state index is -0.566. The fourth-order valence-electron chi connectivity index (χ4n) is 1.23. The Kier molecular flexibility index (Phi) is 2.43. The summed E-state index contributed by atoms with van der Waals surface area (Å²) in [6.45, 7) is 2.85. The molecule has 1 aromatic carbocycles. The number of nitriles is 1. The van der Waals surface area contributed by atoms with Crippen molar-refractivity contribution in [3.05, 3.63) is 34.6 Å². The Morgan fingerprint density at radius 3 is 2.62 bits per heavy atom. The van der Waals surface area contributed by atoms with E-state index in [9.17, 15) is 9.18 Å². The smallest absolute Gasteiger partial charge is 0.163 e. The topological polar surface area (TPSA) is 40.9 Å². The third-order valence-corrected chi connectivity index (χ3v) is 1.89. The second-order valence-electron chi connectivity index (χ2n) is 2.76. The lowest BCUT2D eigenvalue weighted by atomic mass is 10.00. The van der Waals surface area contributed by atoms with Crippen molar-refractivity contribution in [1.29, 1.82) is 5.26 Å². The molecule has 0 atom stereocenters. The Bertz CT molecular complexity index is 404. The van der Waals surface area contributed by atoms with E-state index in [-0.39, 0.29) is 11.3 Å². The molecule has 0 saturated carbocycles. The summed E-state index contributed by atoms with van der Waals surface area (Å²) >= 11 is 0. The first kappa shape index (κ1) is 9.40. The molecule has 0 aliphatic rings. The van der Waals surface area contributed by atoms with Crippen LogP contribution in [0, 0.1) is 24.1 Å². The lowest BCUT2D eigenvalue weighted by molar-refractivity contribution is 0.101. The number of hydrogen-bond acceptors (Lipinski definition) is 2. The molecule has 0 saturated heterocycles. The van der Waals surface area contributed by atoms with Gasteiger partial charge in [-0.2, -0.15) is 5.26 Å². The third-order valence-electron chi connectivity index (χ3n) is 1.89. The predicted molar refractivity (Wildman–Crippen MR) is 45.9 cm³/mol. The molecule has 0 bridgehead atoms. The predicted octanol–water partition coefficient (Wildman–Crippen LogP) is 2.21. The Morgan fingerprint density at radius 2 is 2.15 bits per heavy atom. The standard InChI is InChI=1S/C10H8FNO/c1-6-8(5-12)3-4-9(11)10(6)7(2)13/h3-4H,1-2H3. The van der Waals surface area contributed by atoms with E-state index in [4.69, 9.17) is 5.26 Å². The number of hydrogen-bond donors (Lipinski definition) is 0. The van der Waals surface area contributed by atoms with E-state index in [1.54, 1.807) is 6.92 Å². The molecular weight excluding hydrogens is 169 g/mol. The highest BCUT2D eigenvalue weighted by molar-refractivity contribution is 5.96. The van der Waals surface area contributed by atoms with Gasteiger partial charge in [0.1, 0.15) is 5.82 Å². The van der Waals surface area contributed by atoms with Gasteiger partial charge in [-0.15, -0.1) is 0 Å². The van der Waals surface area contributed by atoms with Crippen molar-refractivity contribution in [2.24, 2.45) is 0 Å². The molecule has 0 fully saturated rings. The quantitative estimate of drug-likeness (QED) is 0.617. The zero-order chi connectivity index (χ0) is 10.0. The van der Waals surface area contributed by atoms with Crippen LogP contribution in [0.1, 0.15) is 28.4 Å². The van der Waals surface area contributed by atoms with Crippen LogP contribution in [-0.2, 0) is 0 Å². The molecule has 0 aromatic heterocycles. The number of nitrogens with zero attached hydrogens (tertiary/aromatic N) is 1. The van der Waals surface area contributed by atoms with Gasteiger partial charge < -0.3 is 0 Å². The molecule has 0 amide bonds. The maximum absolute atomic E-state index is 13.1. The Morgan fingerprint density at radius 1 is 1.54 bits per heavy atom. The first-order valence-electron chi connectivity index (χ1n) is 3.78. The molecule has 3 heteroatoms. The van der Waals surface area contributed by atoms with E-state index < -0.39 is 5.82 Å². The molecule has 0 aliphatic carbocycles. The van der Waals surface area contributed by atoms with E-state index in [0.717, 1.165) is 6.07 Å². The summed E-state index contributed by atoms with van der Waals surface area (Å²) in [5.41, 5.74) is 0.764. The Balaban J connectivity index is 3.50. The molecule has 66 valence electrons. The maximum atomic E-state index is 13.1. The first-order chi connectivity index (χ1) is 6.07. The van der Waals surface area contributed by atoms with Crippen molar-refractivity contribution in [3.63, 3.8) is 0 Å². The number of carbonyl (C=O) groups excluding carboxylic acids is 1. The molecule has 0 spiro atoms. The van der Waals surface area contributed by atoms with Crippen LogP contribution < -0.4 is 0 Å². The molecule has 0 N–H and O–H groups in total. The van der Waals surface area contributed by atoms with Crippen LogP contribution in [0.3, 0.4) is 0 Å². The molecule has 0 unspecified atom stereocenters. The maximum Gasteiger partial charge on any atom is 0.163 e.